The molecule has 1 aromatic heterocycles. The monoisotopic (exact) mass is 350 g/mol. The minimum absolute atomic E-state index is 0.00629. The van der Waals surface area contributed by atoms with Crippen LogP contribution in [0.3, 0.4) is 0 Å². The molecule has 0 bridgehead atoms. The van der Waals surface area contributed by atoms with Gasteiger partial charge in [0.2, 0.25) is 5.91 Å². The van der Waals surface area contributed by atoms with Gasteiger partial charge in [0.15, 0.2) is 0 Å². The second kappa shape index (κ2) is 7.15. The van der Waals surface area contributed by atoms with Crippen molar-refractivity contribution in [2.75, 3.05) is 23.7 Å². The van der Waals surface area contributed by atoms with Gasteiger partial charge in [-0.2, -0.15) is 0 Å². The van der Waals surface area contributed by atoms with Crippen LogP contribution in [-0.2, 0) is 4.79 Å². The van der Waals surface area contributed by atoms with Crippen LogP contribution >= 0.6 is 0 Å². The Morgan fingerprint density at radius 3 is 2.81 bits per heavy atom. The van der Waals surface area contributed by atoms with Gasteiger partial charge in [-0.15, -0.1) is 0 Å². The summed E-state index contributed by atoms with van der Waals surface area (Å²) in [6.45, 7) is 1.39. The number of nitrogens with one attached hydrogen (secondary N) is 3. The van der Waals surface area contributed by atoms with Gasteiger partial charge < -0.3 is 16.0 Å². The second-order valence-electron chi connectivity index (χ2n) is 6.93. The maximum atomic E-state index is 12.3. The summed E-state index contributed by atoms with van der Waals surface area (Å²) in [5.41, 5.74) is 2.39. The van der Waals surface area contributed by atoms with E-state index in [1.165, 1.54) is 12.8 Å². The third-order valence-corrected chi connectivity index (χ3v) is 4.92. The van der Waals surface area contributed by atoms with Crippen molar-refractivity contribution < 1.29 is 9.59 Å². The predicted molar refractivity (Wildman–Crippen MR) is 100 cm³/mol. The molecule has 2 heterocycles. The molecule has 4 rings (SSSR count). The fraction of sp³-hybridized carbons (Fsp3) is 0.350. The van der Waals surface area contributed by atoms with Crippen molar-refractivity contribution in [1.29, 1.82) is 0 Å². The van der Waals surface area contributed by atoms with Gasteiger partial charge in [-0.3, -0.25) is 9.59 Å². The first-order valence-corrected chi connectivity index (χ1v) is 9.08. The van der Waals surface area contributed by atoms with E-state index < -0.39 is 0 Å². The average Bonchev–Trinajstić information content (AvgIpc) is 3.44. The number of benzene rings is 1. The predicted octanol–water partition coefficient (Wildman–Crippen LogP) is 2.76. The van der Waals surface area contributed by atoms with Crippen molar-refractivity contribution >= 4 is 23.3 Å². The van der Waals surface area contributed by atoms with Crippen molar-refractivity contribution in [2.45, 2.75) is 25.2 Å². The molecule has 0 radical (unpaired) electrons. The first-order chi connectivity index (χ1) is 12.7. The lowest BCUT2D eigenvalue weighted by Gasteiger charge is -2.10. The molecule has 6 heteroatoms. The van der Waals surface area contributed by atoms with Gasteiger partial charge in [0.1, 0.15) is 5.82 Å². The van der Waals surface area contributed by atoms with Crippen LogP contribution in [0, 0.1) is 5.92 Å². The number of aromatic nitrogens is 1. The Bertz CT molecular complexity index is 815. The number of anilines is 2. The topological polar surface area (TPSA) is 83.1 Å². The number of carbonyl (C=O) groups is 2. The number of amides is 2. The van der Waals surface area contributed by atoms with Gasteiger partial charge in [-0.1, -0.05) is 18.2 Å². The largest absolute Gasteiger partial charge is 0.370 e. The van der Waals surface area contributed by atoms with Crippen molar-refractivity contribution in [3.8, 4) is 0 Å². The molecule has 1 aliphatic carbocycles. The molecule has 1 fully saturated rings. The molecule has 3 N–H and O–H groups in total. The maximum Gasteiger partial charge on any atom is 0.252 e. The van der Waals surface area contributed by atoms with Gasteiger partial charge in [0.25, 0.3) is 5.91 Å². The molecule has 1 aliphatic heterocycles. The summed E-state index contributed by atoms with van der Waals surface area (Å²) in [5.74, 6) is 1.19. The summed E-state index contributed by atoms with van der Waals surface area (Å²) >= 11 is 0. The highest BCUT2D eigenvalue weighted by molar-refractivity contribution is 6.02. The van der Waals surface area contributed by atoms with Gasteiger partial charge in [0, 0.05) is 25.0 Å². The molecule has 6 nitrogen and oxygen atoms in total. The molecule has 0 saturated heterocycles. The van der Waals surface area contributed by atoms with Crippen molar-refractivity contribution in [3.63, 3.8) is 0 Å². The van der Waals surface area contributed by atoms with Gasteiger partial charge in [-0.25, -0.2) is 4.98 Å². The molecule has 26 heavy (non-hydrogen) atoms. The number of nitrogens with zero attached hydrogens (tertiary/aromatic N) is 1. The molecule has 1 aromatic carbocycles. The van der Waals surface area contributed by atoms with E-state index in [1.807, 2.05) is 30.3 Å². The third kappa shape index (κ3) is 3.69. The first kappa shape index (κ1) is 16.6. The number of hydrogen-bond donors (Lipinski definition) is 3. The number of hydrogen-bond acceptors (Lipinski definition) is 4. The zero-order valence-corrected chi connectivity index (χ0v) is 14.5. The first-order valence-electron chi connectivity index (χ1n) is 9.08. The lowest BCUT2D eigenvalue weighted by Crippen LogP contribution is -2.27. The van der Waals surface area contributed by atoms with Crippen molar-refractivity contribution in [3.05, 3.63) is 53.7 Å². The number of para-hydroxylation sites is 1. The molecule has 2 aliphatic rings. The van der Waals surface area contributed by atoms with Crippen molar-refractivity contribution in [2.24, 2.45) is 5.92 Å². The van der Waals surface area contributed by atoms with Crippen LogP contribution in [0.2, 0.25) is 0 Å². The SMILES string of the molecule is O=C(NCCC1C(=O)Nc2ccccc21)c1ccc(NCC2CC2)nc1. The van der Waals surface area contributed by atoms with E-state index in [0.29, 0.717) is 18.5 Å². The van der Waals surface area contributed by atoms with Gasteiger partial charge in [0.05, 0.1) is 11.5 Å². The van der Waals surface area contributed by atoms with Crippen LogP contribution in [0.5, 0.6) is 0 Å². The molecule has 1 unspecified atom stereocenters. The number of pyridine rings is 1. The fourth-order valence-corrected chi connectivity index (χ4v) is 3.20. The maximum absolute atomic E-state index is 12.3. The lowest BCUT2D eigenvalue weighted by atomic mass is 9.97. The Kier molecular flexibility index (Phi) is 4.56. The van der Waals surface area contributed by atoms with E-state index in [9.17, 15) is 9.59 Å². The Balaban J connectivity index is 1.28. The summed E-state index contributed by atoms with van der Waals surface area (Å²) in [6, 6.07) is 11.3. The molecular formula is C20H22N4O2. The third-order valence-electron chi connectivity index (χ3n) is 4.92. The van der Waals surface area contributed by atoms with Crippen LogP contribution < -0.4 is 16.0 Å². The minimum atomic E-state index is -0.210. The highest BCUT2D eigenvalue weighted by Gasteiger charge is 2.29. The highest BCUT2D eigenvalue weighted by atomic mass is 16.2. The fourth-order valence-electron chi connectivity index (χ4n) is 3.20. The van der Waals surface area contributed by atoms with E-state index in [1.54, 1.807) is 12.3 Å². The number of fused-ring (bicyclic) bond motifs is 1. The minimum Gasteiger partial charge on any atom is -0.370 e. The van der Waals surface area contributed by atoms with Crippen LogP contribution in [0.4, 0.5) is 11.5 Å². The van der Waals surface area contributed by atoms with Crippen molar-refractivity contribution in [1.82, 2.24) is 10.3 Å². The summed E-state index contributed by atoms with van der Waals surface area (Å²) < 4.78 is 0. The molecular weight excluding hydrogens is 328 g/mol. The van der Waals surface area contributed by atoms with Crippen LogP contribution in [0.25, 0.3) is 0 Å². The summed E-state index contributed by atoms with van der Waals surface area (Å²) in [7, 11) is 0. The Labute approximate surface area is 152 Å². The highest BCUT2D eigenvalue weighted by Crippen LogP contribution is 2.33. The molecule has 0 spiro atoms. The molecule has 2 aromatic rings. The second-order valence-corrected chi connectivity index (χ2v) is 6.93. The Morgan fingerprint density at radius 2 is 2.04 bits per heavy atom. The van der Waals surface area contributed by atoms with E-state index >= 15 is 0 Å². The van der Waals surface area contributed by atoms with Gasteiger partial charge >= 0.3 is 0 Å². The molecule has 1 atom stereocenters. The average molecular weight is 350 g/mol. The Hall–Kier alpha value is -2.89. The van der Waals surface area contributed by atoms with Gasteiger partial charge in [-0.05, 0) is 48.9 Å². The zero-order valence-electron chi connectivity index (χ0n) is 14.5. The van der Waals surface area contributed by atoms with Crippen LogP contribution in [0.15, 0.2) is 42.6 Å². The Morgan fingerprint density at radius 1 is 1.19 bits per heavy atom. The summed E-state index contributed by atoms with van der Waals surface area (Å²) in [4.78, 5) is 28.6. The smallest absolute Gasteiger partial charge is 0.252 e. The zero-order chi connectivity index (χ0) is 17.9. The van der Waals surface area contributed by atoms with E-state index in [4.69, 9.17) is 0 Å². The van der Waals surface area contributed by atoms with Crippen LogP contribution in [-0.4, -0.2) is 29.9 Å². The lowest BCUT2D eigenvalue weighted by molar-refractivity contribution is -0.117. The van der Waals surface area contributed by atoms with E-state index in [-0.39, 0.29) is 17.7 Å². The molecule has 134 valence electrons. The van der Waals surface area contributed by atoms with E-state index in [2.05, 4.69) is 20.9 Å². The number of rotatable bonds is 7. The van der Waals surface area contributed by atoms with Crippen LogP contribution in [0.1, 0.15) is 41.1 Å². The normalized spacial score (nSPS) is 18.2. The summed E-state index contributed by atoms with van der Waals surface area (Å²) in [6.07, 6.45) is 4.74. The molecule has 2 amide bonds. The quantitative estimate of drug-likeness (QED) is 0.717. The molecule has 1 saturated carbocycles. The van der Waals surface area contributed by atoms with E-state index in [0.717, 1.165) is 29.5 Å². The standard InChI is InChI=1S/C20H22N4O2/c25-19(14-7-8-18(23-12-14)22-11-13-5-6-13)21-10-9-16-15-3-1-2-4-17(15)24-20(16)26/h1-4,7-8,12-13,16H,5-6,9-11H2,(H,21,25)(H,22,23)(H,24,26). The number of carbonyl (C=O) groups excluding carboxylic acids is 2. The summed E-state index contributed by atoms with van der Waals surface area (Å²) in [5, 5.41) is 9.04.